The van der Waals surface area contributed by atoms with E-state index in [0.29, 0.717) is 6.54 Å². The Hall–Kier alpha value is -1.47. The van der Waals surface area contributed by atoms with Gasteiger partial charge in [-0.25, -0.2) is 0 Å². The first-order chi connectivity index (χ1) is 6.86. The maximum absolute atomic E-state index is 8.14. The maximum atomic E-state index is 8.14. The topological polar surface area (TPSA) is 48.8 Å². The molecule has 1 aromatic carbocycles. The highest BCUT2D eigenvalue weighted by Gasteiger charge is 1.94. The Morgan fingerprint density at radius 2 is 2.00 bits per heavy atom. The van der Waals surface area contributed by atoms with Crippen LogP contribution in [0.5, 0.6) is 0 Å². The molecular weight excluding hydrogens is 174 g/mol. The van der Waals surface area contributed by atoms with Crippen LogP contribution in [0.2, 0.25) is 0 Å². The second kappa shape index (κ2) is 6.06. The van der Waals surface area contributed by atoms with Gasteiger partial charge in [0.15, 0.2) is 0 Å². The van der Waals surface area contributed by atoms with Gasteiger partial charge in [0.1, 0.15) is 0 Å². The third-order valence-electron chi connectivity index (χ3n) is 2.09. The number of azide groups is 1. The molecule has 0 aliphatic rings. The number of nitrogens with zero attached hydrogens (tertiary/aromatic N) is 3. The van der Waals surface area contributed by atoms with Crippen molar-refractivity contribution < 1.29 is 0 Å². The highest BCUT2D eigenvalue weighted by Crippen LogP contribution is 2.08. The van der Waals surface area contributed by atoms with Gasteiger partial charge in [-0.15, -0.1) is 0 Å². The Labute approximate surface area is 84.4 Å². The Kier molecular flexibility index (Phi) is 4.59. The van der Waals surface area contributed by atoms with E-state index in [4.69, 9.17) is 5.53 Å². The monoisotopic (exact) mass is 189 g/mol. The van der Waals surface area contributed by atoms with E-state index in [0.717, 1.165) is 12.8 Å². The van der Waals surface area contributed by atoms with Crippen LogP contribution in [0.25, 0.3) is 10.4 Å². The van der Waals surface area contributed by atoms with Gasteiger partial charge in [0.2, 0.25) is 0 Å². The minimum absolute atomic E-state index is 0.548. The van der Waals surface area contributed by atoms with E-state index >= 15 is 0 Å². The van der Waals surface area contributed by atoms with Crippen molar-refractivity contribution in [1.82, 2.24) is 0 Å². The van der Waals surface area contributed by atoms with Crippen LogP contribution < -0.4 is 0 Å². The highest BCUT2D eigenvalue weighted by molar-refractivity contribution is 5.23. The first-order valence-electron chi connectivity index (χ1n) is 4.95. The average Bonchev–Trinajstić information content (AvgIpc) is 2.19. The maximum Gasteiger partial charge on any atom is 0.0298 e. The minimum atomic E-state index is 0.548. The lowest BCUT2D eigenvalue weighted by Gasteiger charge is -2.02. The molecule has 3 heteroatoms. The zero-order chi connectivity index (χ0) is 10.2. The molecule has 0 fully saturated rings. The molecule has 0 unspecified atom stereocenters. The third kappa shape index (κ3) is 3.50. The van der Waals surface area contributed by atoms with Crippen molar-refractivity contribution in [1.29, 1.82) is 0 Å². The molecule has 74 valence electrons. The zero-order valence-corrected chi connectivity index (χ0v) is 8.48. The van der Waals surface area contributed by atoms with Crippen LogP contribution in [0.15, 0.2) is 29.4 Å². The van der Waals surface area contributed by atoms with Crippen LogP contribution in [0.1, 0.15) is 24.5 Å². The summed E-state index contributed by atoms with van der Waals surface area (Å²) in [5.74, 6) is 0. The van der Waals surface area contributed by atoms with Crippen molar-refractivity contribution in [3.05, 3.63) is 45.8 Å². The summed E-state index contributed by atoms with van der Waals surface area (Å²) < 4.78 is 0. The van der Waals surface area contributed by atoms with Crippen molar-refractivity contribution in [2.24, 2.45) is 5.11 Å². The standard InChI is InChI=1S/C11H15N3/c1-2-4-10-5-3-6-11(9-10)7-8-13-14-12/h3,5-6,9H,2,4,7-8H2,1H3. The molecule has 0 radical (unpaired) electrons. The fourth-order valence-electron chi connectivity index (χ4n) is 1.45. The molecule has 0 amide bonds. The molecule has 3 nitrogen and oxygen atoms in total. The van der Waals surface area contributed by atoms with Gasteiger partial charge in [-0.3, -0.25) is 0 Å². The predicted octanol–water partition coefficient (Wildman–Crippen LogP) is 3.49. The van der Waals surface area contributed by atoms with Crippen LogP contribution in [0.4, 0.5) is 0 Å². The van der Waals surface area contributed by atoms with Gasteiger partial charge in [0.25, 0.3) is 0 Å². The molecule has 1 aromatic rings. The molecule has 0 heterocycles. The first-order valence-corrected chi connectivity index (χ1v) is 4.95. The Morgan fingerprint density at radius 3 is 2.64 bits per heavy atom. The number of hydrogen-bond acceptors (Lipinski definition) is 1. The molecule has 0 bridgehead atoms. The molecule has 14 heavy (non-hydrogen) atoms. The van der Waals surface area contributed by atoms with Gasteiger partial charge in [-0.05, 0) is 29.5 Å². The molecule has 0 saturated carbocycles. The fourth-order valence-corrected chi connectivity index (χ4v) is 1.45. The molecular formula is C11H15N3. The molecule has 0 atom stereocenters. The number of aryl methyl sites for hydroxylation is 1. The Bertz CT molecular complexity index is 327. The molecule has 0 aliphatic heterocycles. The van der Waals surface area contributed by atoms with Crippen LogP contribution in [0, 0.1) is 0 Å². The normalized spacial score (nSPS) is 9.50. The van der Waals surface area contributed by atoms with Crippen LogP contribution >= 0.6 is 0 Å². The smallest absolute Gasteiger partial charge is 0.0298 e. The van der Waals surface area contributed by atoms with E-state index in [1.165, 1.54) is 17.5 Å². The lowest BCUT2D eigenvalue weighted by Crippen LogP contribution is -1.91. The number of benzene rings is 1. The van der Waals surface area contributed by atoms with Gasteiger partial charge in [0.05, 0.1) is 0 Å². The average molecular weight is 189 g/mol. The van der Waals surface area contributed by atoms with Crippen LogP contribution in [-0.4, -0.2) is 6.54 Å². The van der Waals surface area contributed by atoms with E-state index in [1.807, 2.05) is 0 Å². The van der Waals surface area contributed by atoms with E-state index in [1.54, 1.807) is 0 Å². The number of rotatable bonds is 5. The largest absolute Gasteiger partial charge is 0.0936 e. The van der Waals surface area contributed by atoms with E-state index in [-0.39, 0.29) is 0 Å². The van der Waals surface area contributed by atoms with Gasteiger partial charge in [-0.1, -0.05) is 42.7 Å². The predicted molar refractivity (Wildman–Crippen MR) is 58.2 cm³/mol. The first kappa shape index (κ1) is 10.6. The Balaban J connectivity index is 2.58. The van der Waals surface area contributed by atoms with Crippen molar-refractivity contribution in [3.8, 4) is 0 Å². The van der Waals surface area contributed by atoms with Gasteiger partial charge < -0.3 is 0 Å². The lowest BCUT2D eigenvalue weighted by molar-refractivity contribution is 0.908. The summed E-state index contributed by atoms with van der Waals surface area (Å²) in [4.78, 5) is 2.73. The van der Waals surface area contributed by atoms with E-state index < -0.39 is 0 Å². The summed E-state index contributed by atoms with van der Waals surface area (Å²) in [6.45, 7) is 2.72. The van der Waals surface area contributed by atoms with Crippen molar-refractivity contribution in [3.63, 3.8) is 0 Å². The molecule has 0 spiro atoms. The summed E-state index contributed by atoms with van der Waals surface area (Å²) in [7, 11) is 0. The van der Waals surface area contributed by atoms with Gasteiger partial charge in [-0.2, -0.15) is 0 Å². The molecule has 0 aliphatic carbocycles. The Morgan fingerprint density at radius 1 is 1.29 bits per heavy atom. The third-order valence-corrected chi connectivity index (χ3v) is 2.09. The summed E-state index contributed by atoms with van der Waals surface area (Å²) >= 11 is 0. The minimum Gasteiger partial charge on any atom is -0.0936 e. The van der Waals surface area contributed by atoms with Gasteiger partial charge in [0, 0.05) is 11.5 Å². The molecule has 0 N–H and O–H groups in total. The van der Waals surface area contributed by atoms with Crippen LogP contribution in [-0.2, 0) is 12.8 Å². The SMILES string of the molecule is CCCc1cccc(CCN=[N+]=[N-])c1. The highest BCUT2D eigenvalue weighted by atomic mass is 15.1. The van der Waals surface area contributed by atoms with E-state index in [9.17, 15) is 0 Å². The molecule has 0 saturated heterocycles. The van der Waals surface area contributed by atoms with Crippen molar-refractivity contribution >= 4 is 0 Å². The summed E-state index contributed by atoms with van der Waals surface area (Å²) in [6, 6.07) is 8.47. The molecule has 1 rings (SSSR count). The van der Waals surface area contributed by atoms with E-state index in [2.05, 4.69) is 41.2 Å². The fraction of sp³-hybridized carbons (Fsp3) is 0.455. The summed E-state index contributed by atoms with van der Waals surface area (Å²) in [6.07, 6.45) is 3.12. The lowest BCUT2D eigenvalue weighted by atomic mass is 10.1. The number of hydrogen-bond donors (Lipinski definition) is 0. The quantitative estimate of drug-likeness (QED) is 0.387. The van der Waals surface area contributed by atoms with Crippen molar-refractivity contribution in [2.45, 2.75) is 26.2 Å². The summed E-state index contributed by atoms with van der Waals surface area (Å²) in [5.41, 5.74) is 10.8. The summed E-state index contributed by atoms with van der Waals surface area (Å²) in [5, 5.41) is 3.52. The molecule has 0 aromatic heterocycles. The van der Waals surface area contributed by atoms with Crippen molar-refractivity contribution in [2.75, 3.05) is 6.54 Å². The zero-order valence-electron chi connectivity index (χ0n) is 8.48. The second-order valence-corrected chi connectivity index (χ2v) is 3.27. The van der Waals surface area contributed by atoms with Crippen LogP contribution in [0.3, 0.4) is 0 Å². The second-order valence-electron chi connectivity index (χ2n) is 3.27. The van der Waals surface area contributed by atoms with Gasteiger partial charge >= 0.3 is 0 Å².